The molecule has 0 radical (unpaired) electrons. The molecule has 2 nitrogen and oxygen atoms in total. The molecule has 0 bridgehead atoms. The van der Waals surface area contributed by atoms with Crippen LogP contribution in [0.3, 0.4) is 0 Å². The number of hydrogen-bond donors (Lipinski definition) is 1. The zero-order valence-corrected chi connectivity index (χ0v) is 10.2. The lowest BCUT2D eigenvalue weighted by Crippen LogP contribution is -2.24. The Balaban J connectivity index is 2.10. The SMILES string of the molecule is Cc1ccc(CNC(=O)CCl)c(C2CC2)c1. The van der Waals surface area contributed by atoms with E-state index in [1.807, 2.05) is 0 Å². The molecule has 3 heteroatoms. The Bertz CT molecular complexity index is 399. The van der Waals surface area contributed by atoms with Crippen LogP contribution in [0.25, 0.3) is 0 Å². The molecule has 0 spiro atoms. The summed E-state index contributed by atoms with van der Waals surface area (Å²) in [7, 11) is 0. The van der Waals surface area contributed by atoms with Gasteiger partial charge in [0.2, 0.25) is 5.91 Å². The van der Waals surface area contributed by atoms with Crippen LogP contribution in [0.1, 0.15) is 35.4 Å². The molecule has 1 N–H and O–H groups in total. The van der Waals surface area contributed by atoms with E-state index < -0.39 is 0 Å². The molecule has 86 valence electrons. The minimum absolute atomic E-state index is 0.0324. The Morgan fingerprint density at radius 1 is 1.50 bits per heavy atom. The highest BCUT2D eigenvalue weighted by Crippen LogP contribution is 2.41. The quantitative estimate of drug-likeness (QED) is 0.802. The molecule has 0 aliphatic heterocycles. The average Bonchev–Trinajstić information content (AvgIpc) is 3.10. The molecular formula is C13H16ClNO. The maximum atomic E-state index is 11.1. The second-order valence-electron chi connectivity index (χ2n) is 4.39. The van der Waals surface area contributed by atoms with Gasteiger partial charge >= 0.3 is 0 Å². The molecule has 2 rings (SSSR count). The van der Waals surface area contributed by atoms with Gasteiger partial charge in [0.05, 0.1) is 0 Å². The summed E-state index contributed by atoms with van der Waals surface area (Å²) in [5.74, 6) is 0.636. The lowest BCUT2D eigenvalue weighted by molar-refractivity contribution is -0.118. The van der Waals surface area contributed by atoms with Crippen LogP contribution in [0.5, 0.6) is 0 Å². The molecule has 1 aromatic carbocycles. The van der Waals surface area contributed by atoms with Crippen molar-refractivity contribution in [3.05, 3.63) is 34.9 Å². The number of aryl methyl sites for hydroxylation is 1. The highest BCUT2D eigenvalue weighted by Gasteiger charge is 2.25. The van der Waals surface area contributed by atoms with Crippen molar-refractivity contribution in [1.82, 2.24) is 5.32 Å². The molecule has 16 heavy (non-hydrogen) atoms. The fourth-order valence-corrected chi connectivity index (χ4v) is 1.99. The summed E-state index contributed by atoms with van der Waals surface area (Å²) in [6, 6.07) is 6.44. The minimum atomic E-state index is -0.107. The third-order valence-corrected chi connectivity index (χ3v) is 3.16. The molecule has 1 fully saturated rings. The van der Waals surface area contributed by atoms with Crippen molar-refractivity contribution in [1.29, 1.82) is 0 Å². The molecular weight excluding hydrogens is 222 g/mol. The number of amides is 1. The zero-order valence-electron chi connectivity index (χ0n) is 9.42. The second-order valence-corrected chi connectivity index (χ2v) is 4.65. The maximum Gasteiger partial charge on any atom is 0.235 e. The van der Waals surface area contributed by atoms with Crippen LogP contribution in [-0.2, 0) is 11.3 Å². The highest BCUT2D eigenvalue weighted by molar-refractivity contribution is 6.27. The molecule has 0 aromatic heterocycles. The fourth-order valence-electron chi connectivity index (χ4n) is 1.89. The van der Waals surface area contributed by atoms with Crippen molar-refractivity contribution in [3.63, 3.8) is 0 Å². The molecule has 1 aliphatic carbocycles. The number of halogens is 1. The average molecular weight is 238 g/mol. The molecule has 1 amide bonds. The van der Waals surface area contributed by atoms with E-state index in [1.54, 1.807) is 0 Å². The van der Waals surface area contributed by atoms with E-state index in [0.717, 1.165) is 0 Å². The Morgan fingerprint density at radius 2 is 2.25 bits per heavy atom. The first-order chi connectivity index (χ1) is 7.70. The van der Waals surface area contributed by atoms with Gasteiger partial charge in [0.1, 0.15) is 5.88 Å². The number of rotatable bonds is 4. The summed E-state index contributed by atoms with van der Waals surface area (Å²) in [5, 5.41) is 2.82. The topological polar surface area (TPSA) is 29.1 Å². The Hall–Kier alpha value is -1.02. The monoisotopic (exact) mass is 237 g/mol. The molecule has 1 aromatic rings. The first-order valence-corrected chi connectivity index (χ1v) is 6.16. The number of carbonyl (C=O) groups excluding carboxylic acids is 1. The number of benzene rings is 1. The highest BCUT2D eigenvalue weighted by atomic mass is 35.5. The van der Waals surface area contributed by atoms with Gasteiger partial charge < -0.3 is 5.32 Å². The van der Waals surface area contributed by atoms with Gasteiger partial charge in [0.15, 0.2) is 0 Å². The first-order valence-electron chi connectivity index (χ1n) is 5.63. The summed E-state index contributed by atoms with van der Waals surface area (Å²) in [6.07, 6.45) is 2.56. The molecule has 0 unspecified atom stereocenters. The third-order valence-electron chi connectivity index (χ3n) is 2.92. The Morgan fingerprint density at radius 3 is 2.88 bits per heavy atom. The van der Waals surface area contributed by atoms with Crippen LogP contribution in [0, 0.1) is 6.92 Å². The first kappa shape index (κ1) is 11.5. The van der Waals surface area contributed by atoms with Crippen molar-refractivity contribution in [2.45, 2.75) is 32.2 Å². The number of alkyl halides is 1. The van der Waals surface area contributed by atoms with Gasteiger partial charge in [-0.15, -0.1) is 11.6 Å². The summed E-state index contributed by atoms with van der Waals surface area (Å²) in [6.45, 7) is 2.70. The van der Waals surface area contributed by atoms with Crippen molar-refractivity contribution in [3.8, 4) is 0 Å². The zero-order chi connectivity index (χ0) is 11.5. The summed E-state index contributed by atoms with van der Waals surface area (Å²) in [5.41, 5.74) is 3.91. The van der Waals surface area contributed by atoms with E-state index in [-0.39, 0.29) is 11.8 Å². The minimum Gasteiger partial charge on any atom is -0.351 e. The van der Waals surface area contributed by atoms with Gasteiger partial charge in [-0.3, -0.25) is 4.79 Å². The number of hydrogen-bond acceptors (Lipinski definition) is 1. The lowest BCUT2D eigenvalue weighted by Gasteiger charge is -2.10. The van der Waals surface area contributed by atoms with Crippen LogP contribution >= 0.6 is 11.6 Å². The van der Waals surface area contributed by atoms with Crippen molar-refractivity contribution in [2.75, 3.05) is 5.88 Å². The van der Waals surface area contributed by atoms with Gasteiger partial charge in [-0.1, -0.05) is 23.8 Å². The van der Waals surface area contributed by atoms with E-state index in [9.17, 15) is 4.79 Å². The van der Waals surface area contributed by atoms with E-state index >= 15 is 0 Å². The van der Waals surface area contributed by atoms with Crippen LogP contribution in [0.2, 0.25) is 0 Å². The van der Waals surface area contributed by atoms with Gasteiger partial charge in [0.25, 0.3) is 0 Å². The fraction of sp³-hybridized carbons (Fsp3) is 0.462. The Kier molecular flexibility index (Phi) is 3.49. The largest absolute Gasteiger partial charge is 0.351 e. The maximum absolute atomic E-state index is 11.1. The van der Waals surface area contributed by atoms with Gasteiger partial charge in [-0.05, 0) is 36.8 Å². The van der Waals surface area contributed by atoms with Crippen LogP contribution in [0.4, 0.5) is 0 Å². The second kappa shape index (κ2) is 4.88. The summed E-state index contributed by atoms with van der Waals surface area (Å²) < 4.78 is 0. The molecule has 0 heterocycles. The molecule has 1 aliphatic rings. The van der Waals surface area contributed by atoms with E-state index in [0.29, 0.717) is 12.5 Å². The Labute approximate surface area is 101 Å². The summed E-state index contributed by atoms with van der Waals surface area (Å²) in [4.78, 5) is 11.1. The van der Waals surface area contributed by atoms with E-state index in [1.165, 1.54) is 29.5 Å². The molecule has 0 atom stereocenters. The number of carbonyl (C=O) groups is 1. The van der Waals surface area contributed by atoms with Gasteiger partial charge in [-0.2, -0.15) is 0 Å². The van der Waals surface area contributed by atoms with Crippen LogP contribution < -0.4 is 5.32 Å². The standard InChI is InChI=1S/C13H16ClNO/c1-9-2-3-11(8-15-13(16)7-14)12(6-9)10-4-5-10/h2-3,6,10H,4-5,7-8H2,1H3,(H,15,16). The van der Waals surface area contributed by atoms with Crippen LogP contribution in [-0.4, -0.2) is 11.8 Å². The summed E-state index contributed by atoms with van der Waals surface area (Å²) >= 11 is 5.45. The predicted molar refractivity (Wildman–Crippen MR) is 65.7 cm³/mol. The van der Waals surface area contributed by atoms with Crippen LogP contribution in [0.15, 0.2) is 18.2 Å². The predicted octanol–water partition coefficient (Wildman–Crippen LogP) is 2.73. The van der Waals surface area contributed by atoms with Crippen molar-refractivity contribution >= 4 is 17.5 Å². The van der Waals surface area contributed by atoms with Gasteiger partial charge in [0, 0.05) is 6.54 Å². The van der Waals surface area contributed by atoms with Gasteiger partial charge in [-0.25, -0.2) is 0 Å². The van der Waals surface area contributed by atoms with E-state index in [4.69, 9.17) is 11.6 Å². The smallest absolute Gasteiger partial charge is 0.235 e. The molecule has 1 saturated carbocycles. The normalized spacial score (nSPS) is 14.9. The lowest BCUT2D eigenvalue weighted by atomic mass is 10.0. The number of nitrogens with one attached hydrogen (secondary N) is 1. The van der Waals surface area contributed by atoms with E-state index in [2.05, 4.69) is 30.4 Å². The third kappa shape index (κ3) is 2.76. The molecule has 0 saturated heterocycles. The van der Waals surface area contributed by atoms with Crippen molar-refractivity contribution in [2.24, 2.45) is 0 Å². The van der Waals surface area contributed by atoms with Crippen molar-refractivity contribution < 1.29 is 4.79 Å².